The molecule has 0 radical (unpaired) electrons. The fourth-order valence-electron chi connectivity index (χ4n) is 3.14. The van der Waals surface area contributed by atoms with Crippen molar-refractivity contribution in [3.05, 3.63) is 60.2 Å². The Morgan fingerprint density at radius 3 is 2.52 bits per heavy atom. The van der Waals surface area contributed by atoms with Crippen molar-refractivity contribution in [3.8, 4) is 11.1 Å². The fourth-order valence-corrected chi connectivity index (χ4v) is 3.14. The smallest absolute Gasteiger partial charge is 0.130 e. The molecule has 1 aliphatic heterocycles. The number of ether oxygens (including phenoxy) is 1. The van der Waals surface area contributed by atoms with E-state index in [1.165, 1.54) is 22.1 Å². The van der Waals surface area contributed by atoms with Crippen molar-refractivity contribution in [2.45, 2.75) is 6.92 Å². The highest BCUT2D eigenvalue weighted by atomic mass is 16.5. The largest absolute Gasteiger partial charge is 0.378 e. The lowest BCUT2D eigenvalue weighted by molar-refractivity contribution is 0.122. The molecular weight excluding hydrogens is 284 g/mol. The molecule has 23 heavy (non-hydrogen) atoms. The number of fused-ring (bicyclic) bond motifs is 1. The number of aromatic nitrogens is 1. The quantitative estimate of drug-likeness (QED) is 0.714. The Morgan fingerprint density at radius 2 is 1.74 bits per heavy atom. The number of benzene rings is 2. The molecule has 0 aliphatic carbocycles. The molecule has 0 N–H and O–H groups in total. The Labute approximate surface area is 136 Å². The predicted molar refractivity (Wildman–Crippen MR) is 94.9 cm³/mol. The predicted octanol–water partition coefficient (Wildman–Crippen LogP) is 4.05. The number of hydrogen-bond acceptors (Lipinski definition) is 3. The van der Waals surface area contributed by atoms with E-state index in [1.807, 2.05) is 0 Å². The Hall–Kier alpha value is -2.39. The Balaban J connectivity index is 1.91. The van der Waals surface area contributed by atoms with Crippen LogP contribution in [0, 0.1) is 6.92 Å². The minimum Gasteiger partial charge on any atom is -0.378 e. The summed E-state index contributed by atoms with van der Waals surface area (Å²) in [5.41, 5.74) is 4.80. The van der Waals surface area contributed by atoms with Gasteiger partial charge in [-0.05, 0) is 36.2 Å². The van der Waals surface area contributed by atoms with Crippen molar-refractivity contribution in [3.63, 3.8) is 0 Å². The lowest BCUT2D eigenvalue weighted by Gasteiger charge is -2.28. The van der Waals surface area contributed by atoms with Gasteiger partial charge in [-0.2, -0.15) is 0 Å². The zero-order valence-electron chi connectivity index (χ0n) is 13.3. The molecule has 3 heteroatoms. The second-order valence-corrected chi connectivity index (χ2v) is 6.01. The number of aryl methyl sites for hydroxylation is 1. The summed E-state index contributed by atoms with van der Waals surface area (Å²) >= 11 is 0. The lowest BCUT2D eigenvalue weighted by atomic mass is 9.99. The second-order valence-electron chi connectivity index (χ2n) is 6.01. The third-order valence-corrected chi connectivity index (χ3v) is 4.37. The van der Waals surface area contributed by atoms with Crippen LogP contribution in [0.4, 0.5) is 5.82 Å². The van der Waals surface area contributed by atoms with Crippen LogP contribution in [0.25, 0.3) is 22.0 Å². The van der Waals surface area contributed by atoms with Crippen molar-refractivity contribution in [2.24, 2.45) is 0 Å². The van der Waals surface area contributed by atoms with E-state index >= 15 is 0 Å². The average Bonchev–Trinajstić information content (AvgIpc) is 2.62. The third-order valence-electron chi connectivity index (χ3n) is 4.37. The van der Waals surface area contributed by atoms with Crippen LogP contribution in [-0.2, 0) is 4.74 Å². The van der Waals surface area contributed by atoms with Crippen molar-refractivity contribution < 1.29 is 4.74 Å². The molecule has 1 saturated heterocycles. The maximum absolute atomic E-state index is 5.47. The summed E-state index contributed by atoms with van der Waals surface area (Å²) in [5.74, 6) is 1.04. The Bertz CT molecular complexity index is 824. The molecular formula is C20H20N2O. The van der Waals surface area contributed by atoms with Crippen LogP contribution in [0.2, 0.25) is 0 Å². The summed E-state index contributed by atoms with van der Waals surface area (Å²) in [5, 5.41) is 1.22. The summed E-state index contributed by atoms with van der Waals surface area (Å²) in [6.07, 6.45) is 0. The zero-order chi connectivity index (χ0) is 15.6. The molecule has 3 aromatic rings. The van der Waals surface area contributed by atoms with Gasteiger partial charge in [0.25, 0.3) is 0 Å². The average molecular weight is 304 g/mol. The summed E-state index contributed by atoms with van der Waals surface area (Å²) in [6, 6.07) is 19.3. The molecule has 116 valence electrons. The Kier molecular flexibility index (Phi) is 3.72. The third kappa shape index (κ3) is 2.80. The van der Waals surface area contributed by atoms with E-state index in [4.69, 9.17) is 9.72 Å². The molecule has 0 saturated carbocycles. The first-order chi connectivity index (χ1) is 11.3. The second kappa shape index (κ2) is 6.01. The van der Waals surface area contributed by atoms with E-state index in [-0.39, 0.29) is 0 Å². The van der Waals surface area contributed by atoms with Crippen LogP contribution in [0.1, 0.15) is 5.56 Å². The van der Waals surface area contributed by atoms with Gasteiger partial charge in [-0.1, -0.05) is 42.0 Å². The van der Waals surface area contributed by atoms with E-state index in [2.05, 4.69) is 66.4 Å². The van der Waals surface area contributed by atoms with Gasteiger partial charge in [0.1, 0.15) is 5.82 Å². The molecule has 0 atom stereocenters. The molecule has 1 aliphatic rings. The number of nitrogens with zero attached hydrogens (tertiary/aromatic N) is 2. The number of hydrogen-bond donors (Lipinski definition) is 0. The van der Waals surface area contributed by atoms with Crippen molar-refractivity contribution in [1.82, 2.24) is 4.98 Å². The summed E-state index contributed by atoms with van der Waals surface area (Å²) in [4.78, 5) is 7.21. The van der Waals surface area contributed by atoms with E-state index < -0.39 is 0 Å². The van der Waals surface area contributed by atoms with Crippen molar-refractivity contribution in [1.29, 1.82) is 0 Å². The topological polar surface area (TPSA) is 25.4 Å². The molecule has 3 nitrogen and oxygen atoms in total. The van der Waals surface area contributed by atoms with E-state index in [1.54, 1.807) is 0 Å². The molecule has 4 rings (SSSR count). The van der Waals surface area contributed by atoms with Crippen molar-refractivity contribution in [2.75, 3.05) is 31.2 Å². The number of anilines is 1. The van der Waals surface area contributed by atoms with E-state index in [0.29, 0.717) is 0 Å². The van der Waals surface area contributed by atoms with Gasteiger partial charge in [0.15, 0.2) is 0 Å². The van der Waals surface area contributed by atoms with Crippen LogP contribution >= 0.6 is 0 Å². The van der Waals surface area contributed by atoms with Gasteiger partial charge in [0.2, 0.25) is 0 Å². The van der Waals surface area contributed by atoms with Crippen LogP contribution in [0.15, 0.2) is 54.6 Å². The monoisotopic (exact) mass is 304 g/mol. The first-order valence-electron chi connectivity index (χ1n) is 8.11. The van der Waals surface area contributed by atoms with Gasteiger partial charge in [0.05, 0.1) is 18.7 Å². The summed E-state index contributed by atoms with van der Waals surface area (Å²) in [7, 11) is 0. The first-order valence-corrected chi connectivity index (χ1v) is 8.11. The van der Waals surface area contributed by atoms with Crippen LogP contribution in [-0.4, -0.2) is 31.3 Å². The summed E-state index contributed by atoms with van der Waals surface area (Å²) < 4.78 is 5.47. The standard InChI is InChI=1S/C20H20N2O/c1-15-7-8-19-18(13-15)17(16-5-3-2-4-6-16)14-20(21-19)22-9-11-23-12-10-22/h2-8,13-14H,9-12H2,1H3. The normalized spacial score (nSPS) is 15.1. The minimum atomic E-state index is 0.772. The van der Waals surface area contributed by atoms with Crippen molar-refractivity contribution >= 4 is 16.7 Å². The van der Waals surface area contributed by atoms with Gasteiger partial charge in [-0.15, -0.1) is 0 Å². The highest BCUT2D eigenvalue weighted by molar-refractivity contribution is 5.96. The van der Waals surface area contributed by atoms with Crippen LogP contribution in [0.3, 0.4) is 0 Å². The van der Waals surface area contributed by atoms with Gasteiger partial charge >= 0.3 is 0 Å². The SMILES string of the molecule is Cc1ccc2nc(N3CCOCC3)cc(-c3ccccc3)c2c1. The fraction of sp³-hybridized carbons (Fsp3) is 0.250. The lowest BCUT2D eigenvalue weighted by Crippen LogP contribution is -2.36. The highest BCUT2D eigenvalue weighted by Gasteiger charge is 2.15. The van der Waals surface area contributed by atoms with Gasteiger partial charge < -0.3 is 9.64 Å². The molecule has 1 fully saturated rings. The number of morpholine rings is 1. The summed E-state index contributed by atoms with van der Waals surface area (Å²) in [6.45, 7) is 5.48. The van der Waals surface area contributed by atoms with Gasteiger partial charge in [0, 0.05) is 18.5 Å². The minimum absolute atomic E-state index is 0.772. The number of rotatable bonds is 2. The maximum atomic E-state index is 5.47. The molecule has 0 bridgehead atoms. The number of pyridine rings is 1. The maximum Gasteiger partial charge on any atom is 0.130 e. The van der Waals surface area contributed by atoms with Gasteiger partial charge in [-0.3, -0.25) is 0 Å². The van der Waals surface area contributed by atoms with E-state index in [0.717, 1.165) is 37.6 Å². The zero-order valence-corrected chi connectivity index (χ0v) is 13.3. The molecule has 0 spiro atoms. The highest BCUT2D eigenvalue weighted by Crippen LogP contribution is 2.32. The first kappa shape index (κ1) is 14.2. The molecule has 2 aromatic carbocycles. The molecule has 1 aromatic heterocycles. The molecule has 0 unspecified atom stereocenters. The van der Waals surface area contributed by atoms with Crippen LogP contribution < -0.4 is 4.90 Å². The van der Waals surface area contributed by atoms with E-state index in [9.17, 15) is 0 Å². The molecule has 2 heterocycles. The van der Waals surface area contributed by atoms with Crippen LogP contribution in [0.5, 0.6) is 0 Å². The van der Waals surface area contributed by atoms with Gasteiger partial charge in [-0.25, -0.2) is 4.98 Å². The molecule has 0 amide bonds. The Morgan fingerprint density at radius 1 is 0.957 bits per heavy atom.